The summed E-state index contributed by atoms with van der Waals surface area (Å²) in [5.41, 5.74) is 3.01. The van der Waals surface area contributed by atoms with Crippen molar-refractivity contribution in [3.05, 3.63) is 91.7 Å². The van der Waals surface area contributed by atoms with Gasteiger partial charge in [0.1, 0.15) is 5.76 Å². The molecule has 0 aliphatic carbocycles. The Labute approximate surface area is 177 Å². The third-order valence-corrected chi connectivity index (χ3v) is 5.45. The van der Waals surface area contributed by atoms with Gasteiger partial charge in [0, 0.05) is 25.1 Å². The summed E-state index contributed by atoms with van der Waals surface area (Å²) >= 11 is 0.991. The van der Waals surface area contributed by atoms with Crippen LogP contribution >= 0.6 is 11.3 Å². The van der Waals surface area contributed by atoms with Gasteiger partial charge in [-0.3, -0.25) is 9.78 Å². The average molecular weight is 423 g/mol. The Kier molecular flexibility index (Phi) is 5.94. The van der Waals surface area contributed by atoms with Gasteiger partial charge in [0.05, 0.1) is 23.6 Å². The van der Waals surface area contributed by atoms with Crippen LogP contribution in [0.15, 0.2) is 57.9 Å². The lowest BCUT2D eigenvalue weighted by atomic mass is 10.1. The van der Waals surface area contributed by atoms with E-state index in [1.54, 1.807) is 12.3 Å². The predicted octanol–water partition coefficient (Wildman–Crippen LogP) is 3.64. The van der Waals surface area contributed by atoms with E-state index in [-0.39, 0.29) is 10.8 Å². The van der Waals surface area contributed by atoms with E-state index in [1.165, 1.54) is 5.56 Å². The molecule has 30 heavy (non-hydrogen) atoms. The van der Waals surface area contributed by atoms with E-state index in [0.717, 1.165) is 34.8 Å². The Morgan fingerprint density at radius 2 is 1.97 bits per heavy atom. The highest BCUT2D eigenvalue weighted by molar-refractivity contribution is 7.09. The second kappa shape index (κ2) is 8.96. The van der Waals surface area contributed by atoms with Crippen molar-refractivity contribution < 1.29 is 14.3 Å². The lowest BCUT2D eigenvalue weighted by Crippen LogP contribution is -2.03. The molecule has 0 aliphatic rings. The number of benzene rings is 1. The van der Waals surface area contributed by atoms with Crippen molar-refractivity contribution in [2.45, 2.75) is 26.2 Å². The van der Waals surface area contributed by atoms with E-state index in [2.05, 4.69) is 27.1 Å². The molecule has 0 aliphatic heterocycles. The number of hydrogen-bond acceptors (Lipinski definition) is 7. The van der Waals surface area contributed by atoms with Crippen LogP contribution in [0.4, 0.5) is 0 Å². The molecule has 0 spiro atoms. The molecule has 1 aromatic carbocycles. The van der Waals surface area contributed by atoms with Gasteiger partial charge in [0.2, 0.25) is 11.8 Å². The quantitative estimate of drug-likeness (QED) is 0.449. The molecule has 2 N–H and O–H groups in total. The number of nitrogens with zero attached hydrogens (tertiary/aromatic N) is 2. The highest BCUT2D eigenvalue weighted by Crippen LogP contribution is 2.21. The number of hydrogen-bond donors (Lipinski definition) is 2. The highest BCUT2D eigenvalue weighted by Gasteiger charge is 2.11. The maximum Gasteiger partial charge on any atom is 0.307 e. The molecule has 3 aromatic heterocycles. The second-order valence-corrected chi connectivity index (χ2v) is 7.91. The van der Waals surface area contributed by atoms with Crippen LogP contribution in [0, 0.1) is 6.92 Å². The Morgan fingerprint density at radius 3 is 2.67 bits per heavy atom. The van der Waals surface area contributed by atoms with Gasteiger partial charge >= 0.3 is 4.87 Å². The number of aromatic hydroxyl groups is 1. The van der Waals surface area contributed by atoms with Crippen LogP contribution < -0.4 is 9.61 Å². The van der Waals surface area contributed by atoms with Crippen molar-refractivity contribution >= 4 is 11.3 Å². The fourth-order valence-corrected chi connectivity index (χ4v) is 3.81. The summed E-state index contributed by atoms with van der Waals surface area (Å²) in [5.74, 6) is 1.88. The summed E-state index contributed by atoms with van der Waals surface area (Å²) < 4.78 is 11.5. The van der Waals surface area contributed by atoms with Crippen molar-refractivity contribution in [2.75, 3.05) is 6.61 Å². The predicted molar refractivity (Wildman–Crippen MR) is 113 cm³/mol. The zero-order chi connectivity index (χ0) is 20.9. The zero-order valence-corrected chi connectivity index (χ0v) is 17.2. The lowest BCUT2D eigenvalue weighted by molar-refractivity contribution is 0.294. The summed E-state index contributed by atoms with van der Waals surface area (Å²) in [5, 5.41) is 9.67. The van der Waals surface area contributed by atoms with E-state index in [0.29, 0.717) is 36.1 Å². The molecule has 0 bridgehead atoms. The standard InChI is InChI=1S/C22H21N3O4S/c1-14-17(11-15-5-3-2-4-6-15)24-20(29-14)9-10-28-19-8-7-16(13-23-19)12-18-21(26)25-22(27)30-18/h2-8,13,26H,9-12H2,1H3,(H,25,27). The number of pyridine rings is 1. The molecule has 0 radical (unpaired) electrons. The van der Waals surface area contributed by atoms with E-state index < -0.39 is 0 Å². The number of H-pyrrole nitrogens is 1. The SMILES string of the molecule is Cc1oc(CCOc2ccc(Cc3sc(=O)[nH]c3O)cn2)nc1Cc1ccccc1. The molecular formula is C22H21N3O4S. The van der Waals surface area contributed by atoms with E-state index in [1.807, 2.05) is 31.2 Å². The van der Waals surface area contributed by atoms with Gasteiger partial charge in [-0.25, -0.2) is 9.97 Å². The van der Waals surface area contributed by atoms with Gasteiger partial charge < -0.3 is 14.3 Å². The first-order valence-corrected chi connectivity index (χ1v) is 10.4. The molecule has 4 rings (SSSR count). The minimum atomic E-state index is -0.274. The molecule has 0 atom stereocenters. The smallest absolute Gasteiger partial charge is 0.307 e. The summed E-state index contributed by atoms with van der Waals surface area (Å²) in [6, 6.07) is 13.8. The van der Waals surface area contributed by atoms with Crippen LogP contribution in [0.1, 0.15) is 33.3 Å². The third-order valence-electron chi connectivity index (χ3n) is 4.58. The summed E-state index contributed by atoms with van der Waals surface area (Å²) in [6.45, 7) is 2.33. The number of thiazole rings is 1. The van der Waals surface area contributed by atoms with Crippen molar-refractivity contribution in [3.8, 4) is 11.8 Å². The van der Waals surface area contributed by atoms with Gasteiger partial charge in [-0.1, -0.05) is 47.7 Å². The molecule has 0 amide bonds. The molecule has 0 saturated carbocycles. The Bertz CT molecular complexity index is 1160. The van der Waals surface area contributed by atoms with Crippen LogP contribution in [0.25, 0.3) is 0 Å². The molecule has 154 valence electrons. The first-order chi connectivity index (χ1) is 14.6. The number of aromatic nitrogens is 3. The molecule has 0 unspecified atom stereocenters. The van der Waals surface area contributed by atoms with E-state index in [4.69, 9.17) is 9.15 Å². The number of ether oxygens (including phenoxy) is 1. The minimum absolute atomic E-state index is 0.0850. The molecule has 4 aromatic rings. The van der Waals surface area contributed by atoms with Crippen LogP contribution in [-0.4, -0.2) is 26.7 Å². The Hall–Kier alpha value is -3.39. The van der Waals surface area contributed by atoms with Crippen LogP contribution in [0.3, 0.4) is 0 Å². The number of aromatic amines is 1. The molecule has 3 heterocycles. The largest absolute Gasteiger partial charge is 0.494 e. The van der Waals surface area contributed by atoms with Crippen molar-refractivity contribution in [1.29, 1.82) is 0 Å². The van der Waals surface area contributed by atoms with Gasteiger partial charge in [0.25, 0.3) is 0 Å². The zero-order valence-electron chi connectivity index (χ0n) is 16.4. The molecule has 0 fully saturated rings. The average Bonchev–Trinajstić information content (AvgIpc) is 3.24. The van der Waals surface area contributed by atoms with Crippen LogP contribution in [0.5, 0.6) is 11.8 Å². The molecule has 8 heteroatoms. The van der Waals surface area contributed by atoms with Crippen molar-refractivity contribution in [2.24, 2.45) is 0 Å². The van der Waals surface area contributed by atoms with E-state index in [9.17, 15) is 9.90 Å². The fraction of sp³-hybridized carbons (Fsp3) is 0.227. The normalized spacial score (nSPS) is 11.0. The number of nitrogens with one attached hydrogen (secondary N) is 1. The highest BCUT2D eigenvalue weighted by atomic mass is 32.1. The second-order valence-electron chi connectivity index (χ2n) is 6.84. The van der Waals surface area contributed by atoms with Crippen LogP contribution in [-0.2, 0) is 19.3 Å². The monoisotopic (exact) mass is 423 g/mol. The molecule has 7 nitrogen and oxygen atoms in total. The first-order valence-electron chi connectivity index (χ1n) is 9.54. The maximum absolute atomic E-state index is 11.3. The topological polar surface area (TPSA) is 101 Å². The van der Waals surface area contributed by atoms with Crippen molar-refractivity contribution in [3.63, 3.8) is 0 Å². The lowest BCUT2D eigenvalue weighted by Gasteiger charge is -2.05. The minimum Gasteiger partial charge on any atom is -0.494 e. The van der Waals surface area contributed by atoms with Gasteiger partial charge in [-0.05, 0) is 18.1 Å². The Morgan fingerprint density at radius 1 is 1.13 bits per heavy atom. The summed E-state index contributed by atoms with van der Waals surface area (Å²) in [6.07, 6.45) is 3.39. The number of rotatable bonds is 8. The maximum atomic E-state index is 11.3. The van der Waals surface area contributed by atoms with Gasteiger partial charge in [-0.2, -0.15) is 0 Å². The fourth-order valence-electron chi connectivity index (χ4n) is 3.05. The van der Waals surface area contributed by atoms with Crippen LogP contribution in [0.2, 0.25) is 0 Å². The van der Waals surface area contributed by atoms with Gasteiger partial charge in [0.15, 0.2) is 5.89 Å². The first kappa shape index (κ1) is 19.9. The Balaban J connectivity index is 1.29. The van der Waals surface area contributed by atoms with Crippen molar-refractivity contribution in [1.82, 2.24) is 15.0 Å². The van der Waals surface area contributed by atoms with Gasteiger partial charge in [-0.15, -0.1) is 0 Å². The third kappa shape index (κ3) is 4.96. The van der Waals surface area contributed by atoms with E-state index >= 15 is 0 Å². The molecule has 0 saturated heterocycles. The summed E-state index contributed by atoms with van der Waals surface area (Å²) in [4.78, 5) is 22.8. The number of oxazole rings is 1. The summed E-state index contributed by atoms with van der Waals surface area (Å²) in [7, 11) is 0. The molecular weight excluding hydrogens is 402 g/mol. The number of aryl methyl sites for hydroxylation is 1.